The van der Waals surface area contributed by atoms with Crippen LogP contribution in [0, 0.1) is 16.7 Å². The van der Waals surface area contributed by atoms with Crippen LogP contribution in [0.15, 0.2) is 54.9 Å². The molecule has 0 radical (unpaired) electrons. The van der Waals surface area contributed by atoms with Crippen molar-refractivity contribution in [3.05, 3.63) is 77.1 Å². The molecule has 1 heterocycles. The fraction of sp³-hybridized carbons (Fsp3) is 0. The highest BCUT2D eigenvalue weighted by Crippen LogP contribution is 2.11. The minimum absolute atomic E-state index is 0.107. The lowest BCUT2D eigenvalue weighted by molar-refractivity contribution is -0.628. The van der Waals surface area contributed by atoms with Gasteiger partial charge in [-0.25, -0.2) is 0 Å². The second kappa shape index (κ2) is 4.44. The molecule has 0 aliphatic heterocycles. The molecule has 16 heavy (non-hydrogen) atoms. The molecule has 0 saturated carbocycles. The Hall–Kier alpha value is -2.36. The lowest BCUT2D eigenvalue weighted by Gasteiger charge is -2.02. The van der Waals surface area contributed by atoms with Gasteiger partial charge in [0.25, 0.3) is 5.69 Å². The number of rotatable bonds is 3. The van der Waals surface area contributed by atoms with Crippen LogP contribution in [-0.4, -0.2) is 4.92 Å². The van der Waals surface area contributed by atoms with Crippen molar-refractivity contribution in [1.82, 2.24) is 0 Å². The van der Waals surface area contributed by atoms with E-state index in [4.69, 9.17) is 0 Å². The lowest BCUT2D eigenvalue weighted by Crippen LogP contribution is -2.30. The number of nitro benzene ring substituents is 1. The van der Waals surface area contributed by atoms with E-state index in [-0.39, 0.29) is 5.69 Å². The zero-order valence-electron chi connectivity index (χ0n) is 8.48. The highest BCUT2D eigenvalue weighted by Gasteiger charge is 2.02. The first-order chi connectivity index (χ1) is 7.75. The van der Waals surface area contributed by atoms with Gasteiger partial charge in [0.2, 0.25) is 0 Å². The quantitative estimate of drug-likeness (QED) is 0.339. The van der Waals surface area contributed by atoms with Crippen molar-refractivity contribution in [3.63, 3.8) is 0 Å². The van der Waals surface area contributed by atoms with Crippen LogP contribution < -0.4 is 4.57 Å². The van der Waals surface area contributed by atoms with Crippen molar-refractivity contribution in [1.29, 1.82) is 0 Å². The summed E-state index contributed by atoms with van der Waals surface area (Å²) in [5.74, 6) is 0. The fourth-order valence-electron chi connectivity index (χ4n) is 1.35. The van der Waals surface area contributed by atoms with Gasteiger partial charge in [-0.2, -0.15) is 0 Å². The average Bonchev–Trinajstić information content (AvgIpc) is 2.31. The number of hydrogen-bond acceptors (Lipinski definition) is 2. The molecule has 0 unspecified atom stereocenters. The van der Waals surface area contributed by atoms with Gasteiger partial charge in [-0.3, -0.25) is 14.7 Å². The molecular formula is C12H10N2O2. The predicted molar refractivity (Wildman–Crippen MR) is 58.5 cm³/mol. The third kappa shape index (κ3) is 2.36. The van der Waals surface area contributed by atoms with Crippen molar-refractivity contribution >= 4 is 5.69 Å². The van der Waals surface area contributed by atoms with Crippen LogP contribution in [0.3, 0.4) is 0 Å². The van der Waals surface area contributed by atoms with Gasteiger partial charge >= 0.3 is 0 Å². The van der Waals surface area contributed by atoms with Gasteiger partial charge in [0.15, 0.2) is 0 Å². The van der Waals surface area contributed by atoms with Crippen LogP contribution in [0.2, 0.25) is 0 Å². The first-order valence-corrected chi connectivity index (χ1v) is 4.81. The van der Waals surface area contributed by atoms with Gasteiger partial charge in [-0.05, 0) is 24.3 Å². The number of non-ortho nitro benzene ring substituents is 1. The minimum atomic E-state index is -0.403. The molecule has 2 rings (SSSR count). The lowest BCUT2D eigenvalue weighted by atomic mass is 10.2. The second-order valence-electron chi connectivity index (χ2n) is 3.30. The van der Waals surface area contributed by atoms with Crippen LogP contribution >= 0.6 is 0 Å². The Morgan fingerprint density at radius 2 is 1.69 bits per heavy atom. The summed E-state index contributed by atoms with van der Waals surface area (Å²) in [6.45, 7) is 1.89. The van der Waals surface area contributed by atoms with Crippen molar-refractivity contribution < 1.29 is 9.49 Å². The van der Waals surface area contributed by atoms with Crippen LogP contribution in [0.5, 0.6) is 0 Å². The van der Waals surface area contributed by atoms with E-state index in [1.165, 1.54) is 12.1 Å². The Morgan fingerprint density at radius 1 is 1.06 bits per heavy atom. The Labute approximate surface area is 92.9 Å². The first kappa shape index (κ1) is 10.2. The monoisotopic (exact) mass is 214 g/mol. The molecule has 0 N–H and O–H groups in total. The summed E-state index contributed by atoms with van der Waals surface area (Å²) >= 11 is 0. The molecule has 4 nitrogen and oxygen atoms in total. The molecule has 0 amide bonds. The van der Waals surface area contributed by atoms with Gasteiger partial charge in [0.05, 0.1) is 4.92 Å². The second-order valence-corrected chi connectivity index (χ2v) is 3.30. The van der Waals surface area contributed by atoms with Crippen molar-refractivity contribution in [2.45, 2.75) is 0 Å². The number of nitro groups is 1. The topological polar surface area (TPSA) is 47.0 Å². The van der Waals surface area contributed by atoms with E-state index in [0.29, 0.717) is 0 Å². The molecule has 0 saturated heterocycles. The zero-order valence-corrected chi connectivity index (χ0v) is 8.48. The van der Waals surface area contributed by atoms with Crippen molar-refractivity contribution in [2.75, 3.05) is 0 Å². The smallest absolute Gasteiger partial charge is 0.254 e. The summed E-state index contributed by atoms with van der Waals surface area (Å²) in [6.07, 6.45) is 3.81. The molecule has 1 aromatic carbocycles. The molecule has 0 aliphatic carbocycles. The molecule has 4 heteroatoms. The molecule has 0 bridgehead atoms. The fourth-order valence-corrected chi connectivity index (χ4v) is 1.35. The molecule has 2 aromatic rings. The van der Waals surface area contributed by atoms with Gasteiger partial charge in [-0.1, -0.05) is 11.6 Å². The molecular weight excluding hydrogens is 204 g/mol. The van der Waals surface area contributed by atoms with Gasteiger partial charge in [0.1, 0.15) is 18.9 Å². The first-order valence-electron chi connectivity index (χ1n) is 4.81. The maximum absolute atomic E-state index is 10.5. The van der Waals surface area contributed by atoms with Crippen LogP contribution in [0.4, 0.5) is 5.69 Å². The number of benzene rings is 1. The van der Waals surface area contributed by atoms with Crippen LogP contribution in [-0.2, 0) is 0 Å². The summed E-state index contributed by atoms with van der Waals surface area (Å²) in [6, 6.07) is 12.2. The van der Waals surface area contributed by atoms with E-state index in [9.17, 15) is 10.1 Å². The molecule has 0 atom stereocenters. The van der Waals surface area contributed by atoms with Gasteiger partial charge in [0, 0.05) is 0 Å². The summed E-state index contributed by atoms with van der Waals surface area (Å²) in [5.41, 5.74) is 1.03. The molecule has 0 aliphatic rings. The van der Waals surface area contributed by atoms with E-state index in [0.717, 1.165) is 5.56 Å². The maximum atomic E-state index is 10.5. The van der Waals surface area contributed by atoms with Gasteiger partial charge in [-0.15, -0.1) is 12.1 Å². The zero-order chi connectivity index (χ0) is 11.4. The summed E-state index contributed by atoms with van der Waals surface area (Å²) < 4.78 is 1.89. The highest BCUT2D eigenvalue weighted by molar-refractivity contribution is 5.34. The van der Waals surface area contributed by atoms with E-state index in [2.05, 4.69) is 0 Å². The Balaban J connectivity index is 2.14. The number of hydrogen-bond donors (Lipinski definition) is 0. The Kier molecular flexibility index (Phi) is 2.82. The third-order valence-electron chi connectivity index (χ3n) is 2.14. The van der Waals surface area contributed by atoms with E-state index in [1.54, 1.807) is 12.1 Å². The largest absolute Gasteiger partial charge is 0.270 e. The van der Waals surface area contributed by atoms with Crippen molar-refractivity contribution in [3.8, 4) is 0 Å². The minimum Gasteiger partial charge on any atom is -0.270 e. The van der Waals surface area contributed by atoms with E-state index in [1.807, 2.05) is 41.7 Å². The summed E-state index contributed by atoms with van der Waals surface area (Å²) in [7, 11) is 0. The third-order valence-corrected chi connectivity index (χ3v) is 2.14. The maximum Gasteiger partial charge on any atom is 0.254 e. The van der Waals surface area contributed by atoms with E-state index >= 15 is 0 Å². The highest BCUT2D eigenvalue weighted by atomic mass is 16.6. The Bertz CT molecular complexity index is 480. The van der Waals surface area contributed by atoms with Crippen molar-refractivity contribution in [2.24, 2.45) is 0 Å². The average molecular weight is 214 g/mol. The Morgan fingerprint density at radius 3 is 2.25 bits per heavy atom. The number of nitrogens with zero attached hydrogens (tertiary/aromatic N) is 2. The predicted octanol–water partition coefficient (Wildman–Crippen LogP) is 1.94. The van der Waals surface area contributed by atoms with Gasteiger partial charge < -0.3 is 0 Å². The normalized spacial score (nSPS) is 9.75. The van der Waals surface area contributed by atoms with Crippen LogP contribution in [0.25, 0.3) is 0 Å². The standard InChI is InChI=1S/C12H10N2O2/c15-14(16)12-6-4-11(5-7-12)10-13-8-2-1-3-9-13/h1-10H. The van der Waals surface area contributed by atoms with Crippen LogP contribution in [0.1, 0.15) is 5.56 Å². The molecule has 1 aromatic heterocycles. The summed E-state index contributed by atoms with van der Waals surface area (Å²) in [5, 5.41) is 10.5. The summed E-state index contributed by atoms with van der Waals surface area (Å²) in [4.78, 5) is 10.1. The number of aromatic nitrogens is 1. The molecule has 0 spiro atoms. The molecule has 80 valence electrons. The number of pyridine rings is 1. The molecule has 0 fully saturated rings. The van der Waals surface area contributed by atoms with E-state index < -0.39 is 4.92 Å². The SMILES string of the molecule is O=[N+]([O-])c1ccc([CH-][n+]2ccccc2)cc1.